The van der Waals surface area contributed by atoms with Crippen molar-refractivity contribution in [2.75, 3.05) is 17.2 Å². The standard InChI is InChI=1S/C14H17N3OS/c1-4-17(12-8-6-5-7-11(12)15)14(18)13-9(2)16-10(3)19-13/h5-8H,4,15H2,1-3H3. The van der Waals surface area contributed by atoms with Crippen LogP contribution in [-0.4, -0.2) is 17.4 Å². The lowest BCUT2D eigenvalue weighted by molar-refractivity contribution is 0.0991. The van der Waals surface area contributed by atoms with Crippen LogP contribution in [0, 0.1) is 13.8 Å². The number of para-hydroxylation sites is 2. The van der Waals surface area contributed by atoms with Crippen LogP contribution in [0.3, 0.4) is 0 Å². The van der Waals surface area contributed by atoms with Crippen molar-refractivity contribution in [2.24, 2.45) is 0 Å². The van der Waals surface area contributed by atoms with E-state index in [-0.39, 0.29) is 5.91 Å². The molecule has 19 heavy (non-hydrogen) atoms. The Bertz CT molecular complexity index is 606. The summed E-state index contributed by atoms with van der Waals surface area (Å²) >= 11 is 1.42. The van der Waals surface area contributed by atoms with Gasteiger partial charge in [0.1, 0.15) is 4.88 Å². The molecule has 0 radical (unpaired) electrons. The molecule has 0 bridgehead atoms. The number of aryl methyl sites for hydroxylation is 2. The van der Waals surface area contributed by atoms with Crippen molar-refractivity contribution in [3.8, 4) is 0 Å². The summed E-state index contributed by atoms with van der Waals surface area (Å²) in [7, 11) is 0. The molecule has 0 spiro atoms. The van der Waals surface area contributed by atoms with Gasteiger partial charge in [-0.1, -0.05) is 12.1 Å². The first-order valence-corrected chi connectivity index (χ1v) is 6.96. The van der Waals surface area contributed by atoms with E-state index in [9.17, 15) is 4.79 Å². The van der Waals surface area contributed by atoms with Crippen molar-refractivity contribution in [1.29, 1.82) is 0 Å². The Balaban J connectivity index is 2.41. The number of rotatable bonds is 3. The quantitative estimate of drug-likeness (QED) is 0.876. The van der Waals surface area contributed by atoms with E-state index >= 15 is 0 Å². The van der Waals surface area contributed by atoms with Gasteiger partial charge < -0.3 is 10.6 Å². The van der Waals surface area contributed by atoms with Crippen LogP contribution in [0.15, 0.2) is 24.3 Å². The molecule has 0 aliphatic carbocycles. The summed E-state index contributed by atoms with van der Waals surface area (Å²) in [6.45, 7) is 6.28. The maximum atomic E-state index is 12.6. The zero-order valence-corrected chi connectivity index (χ0v) is 12.1. The lowest BCUT2D eigenvalue weighted by Crippen LogP contribution is -2.31. The van der Waals surface area contributed by atoms with Crippen molar-refractivity contribution in [3.05, 3.63) is 39.8 Å². The fraction of sp³-hybridized carbons (Fsp3) is 0.286. The van der Waals surface area contributed by atoms with Gasteiger partial charge in [-0.3, -0.25) is 4.79 Å². The van der Waals surface area contributed by atoms with Crippen molar-refractivity contribution in [2.45, 2.75) is 20.8 Å². The molecule has 0 atom stereocenters. The van der Waals surface area contributed by atoms with Gasteiger partial charge in [0.2, 0.25) is 0 Å². The third-order valence-corrected chi connectivity index (χ3v) is 3.95. The summed E-state index contributed by atoms with van der Waals surface area (Å²) in [4.78, 5) is 19.3. The molecule has 0 unspecified atom stereocenters. The molecule has 0 saturated carbocycles. The number of hydrogen-bond acceptors (Lipinski definition) is 4. The molecule has 4 nitrogen and oxygen atoms in total. The van der Waals surface area contributed by atoms with Crippen LogP contribution in [0.2, 0.25) is 0 Å². The average Bonchev–Trinajstić information content (AvgIpc) is 2.71. The highest BCUT2D eigenvalue weighted by molar-refractivity contribution is 7.13. The minimum atomic E-state index is -0.0384. The second-order valence-electron chi connectivity index (χ2n) is 4.26. The van der Waals surface area contributed by atoms with Gasteiger partial charge in [0, 0.05) is 6.54 Å². The smallest absolute Gasteiger partial charge is 0.270 e. The Hall–Kier alpha value is -1.88. The molecular weight excluding hydrogens is 258 g/mol. The van der Waals surface area contributed by atoms with Crippen molar-refractivity contribution >= 4 is 28.6 Å². The lowest BCUT2D eigenvalue weighted by atomic mass is 10.2. The normalized spacial score (nSPS) is 10.5. The molecule has 5 heteroatoms. The first-order valence-electron chi connectivity index (χ1n) is 6.15. The number of amides is 1. The van der Waals surface area contributed by atoms with Crippen molar-refractivity contribution < 1.29 is 4.79 Å². The molecular formula is C14H17N3OS. The minimum absolute atomic E-state index is 0.0384. The van der Waals surface area contributed by atoms with E-state index in [0.29, 0.717) is 17.1 Å². The Kier molecular flexibility index (Phi) is 3.85. The number of nitrogens with two attached hydrogens (primary N) is 1. The van der Waals surface area contributed by atoms with Crippen LogP contribution in [0.1, 0.15) is 27.3 Å². The third-order valence-electron chi connectivity index (χ3n) is 2.89. The molecule has 0 aliphatic rings. The van der Waals surface area contributed by atoms with Gasteiger partial charge >= 0.3 is 0 Å². The Morgan fingerprint density at radius 3 is 2.58 bits per heavy atom. The van der Waals surface area contributed by atoms with Crippen LogP contribution in [0.5, 0.6) is 0 Å². The van der Waals surface area contributed by atoms with E-state index < -0.39 is 0 Å². The van der Waals surface area contributed by atoms with Crippen molar-refractivity contribution in [3.63, 3.8) is 0 Å². The largest absolute Gasteiger partial charge is 0.397 e. The molecule has 0 aliphatic heterocycles. The van der Waals surface area contributed by atoms with Crippen LogP contribution < -0.4 is 10.6 Å². The summed E-state index contributed by atoms with van der Waals surface area (Å²) in [5, 5.41) is 0.901. The minimum Gasteiger partial charge on any atom is -0.397 e. The topological polar surface area (TPSA) is 59.2 Å². The molecule has 2 aromatic rings. The fourth-order valence-corrected chi connectivity index (χ4v) is 2.88. The average molecular weight is 275 g/mol. The molecule has 1 aromatic heterocycles. The number of carbonyl (C=O) groups is 1. The SMILES string of the molecule is CCN(C(=O)c1sc(C)nc1C)c1ccccc1N. The van der Waals surface area contributed by atoms with E-state index in [1.807, 2.05) is 39.0 Å². The van der Waals surface area contributed by atoms with Gasteiger partial charge in [-0.05, 0) is 32.9 Å². The first-order chi connectivity index (χ1) is 9.04. The molecule has 2 N–H and O–H groups in total. The molecule has 1 aromatic carbocycles. The summed E-state index contributed by atoms with van der Waals surface area (Å²) in [5.74, 6) is -0.0384. The lowest BCUT2D eigenvalue weighted by Gasteiger charge is -2.22. The van der Waals surface area contributed by atoms with Crippen LogP contribution >= 0.6 is 11.3 Å². The fourth-order valence-electron chi connectivity index (χ4n) is 2.01. The molecule has 100 valence electrons. The Morgan fingerprint density at radius 2 is 2.05 bits per heavy atom. The zero-order valence-electron chi connectivity index (χ0n) is 11.3. The maximum Gasteiger partial charge on any atom is 0.270 e. The van der Waals surface area contributed by atoms with E-state index in [1.165, 1.54) is 11.3 Å². The zero-order chi connectivity index (χ0) is 14.0. The van der Waals surface area contributed by atoms with Gasteiger partial charge in [-0.25, -0.2) is 4.98 Å². The van der Waals surface area contributed by atoms with Crippen LogP contribution in [0.25, 0.3) is 0 Å². The third kappa shape index (κ3) is 2.61. The number of benzene rings is 1. The Morgan fingerprint density at radius 1 is 1.37 bits per heavy atom. The van der Waals surface area contributed by atoms with E-state index in [2.05, 4.69) is 4.98 Å². The maximum absolute atomic E-state index is 12.6. The van der Waals surface area contributed by atoms with Gasteiger partial charge in [0.05, 0.1) is 22.1 Å². The highest BCUT2D eigenvalue weighted by Crippen LogP contribution is 2.26. The van der Waals surface area contributed by atoms with Crippen molar-refractivity contribution in [1.82, 2.24) is 4.98 Å². The number of carbonyl (C=O) groups excluding carboxylic acids is 1. The second kappa shape index (κ2) is 5.40. The van der Waals surface area contributed by atoms with Crippen LogP contribution in [-0.2, 0) is 0 Å². The van der Waals surface area contributed by atoms with Gasteiger partial charge in [0.25, 0.3) is 5.91 Å². The van der Waals surface area contributed by atoms with Gasteiger partial charge in [-0.2, -0.15) is 0 Å². The number of nitrogen functional groups attached to an aromatic ring is 1. The monoisotopic (exact) mass is 275 g/mol. The molecule has 0 fully saturated rings. The van der Waals surface area contributed by atoms with E-state index in [0.717, 1.165) is 16.4 Å². The predicted molar refractivity (Wildman–Crippen MR) is 79.8 cm³/mol. The molecule has 2 rings (SSSR count). The second-order valence-corrected chi connectivity index (χ2v) is 5.46. The molecule has 0 saturated heterocycles. The first kappa shape index (κ1) is 13.5. The van der Waals surface area contributed by atoms with Gasteiger partial charge in [0.15, 0.2) is 0 Å². The molecule has 1 heterocycles. The summed E-state index contributed by atoms with van der Waals surface area (Å²) in [6, 6.07) is 7.40. The van der Waals surface area contributed by atoms with Gasteiger partial charge in [-0.15, -0.1) is 11.3 Å². The predicted octanol–water partition coefficient (Wildman–Crippen LogP) is 3.01. The van der Waals surface area contributed by atoms with E-state index in [1.54, 1.807) is 11.0 Å². The number of hydrogen-bond donors (Lipinski definition) is 1. The highest BCUT2D eigenvalue weighted by atomic mass is 32.1. The van der Waals surface area contributed by atoms with Crippen LogP contribution in [0.4, 0.5) is 11.4 Å². The summed E-state index contributed by atoms with van der Waals surface area (Å²) < 4.78 is 0. The number of aromatic nitrogens is 1. The summed E-state index contributed by atoms with van der Waals surface area (Å²) in [5.41, 5.74) is 8.09. The Labute approximate surface area is 116 Å². The van der Waals surface area contributed by atoms with E-state index in [4.69, 9.17) is 5.73 Å². The molecule has 1 amide bonds. The number of nitrogens with zero attached hydrogens (tertiary/aromatic N) is 2. The number of thiazole rings is 1. The summed E-state index contributed by atoms with van der Waals surface area (Å²) in [6.07, 6.45) is 0. The highest BCUT2D eigenvalue weighted by Gasteiger charge is 2.22. The number of anilines is 2.